The highest BCUT2D eigenvalue weighted by molar-refractivity contribution is 5.09. The average molecular weight is 264 g/mol. The van der Waals surface area contributed by atoms with E-state index in [0.29, 0.717) is 17.6 Å². The molecule has 0 aliphatic heterocycles. The molecule has 19 heavy (non-hydrogen) atoms. The Kier molecular flexibility index (Phi) is 3.89. The van der Waals surface area contributed by atoms with Crippen LogP contribution in [0.1, 0.15) is 51.2 Å². The van der Waals surface area contributed by atoms with Crippen molar-refractivity contribution in [2.45, 2.75) is 64.1 Å². The van der Waals surface area contributed by atoms with Crippen LogP contribution >= 0.6 is 0 Å². The van der Waals surface area contributed by atoms with Crippen LogP contribution in [0.2, 0.25) is 0 Å². The Morgan fingerprint density at radius 3 is 2.95 bits per heavy atom. The first-order valence-corrected chi connectivity index (χ1v) is 7.60. The van der Waals surface area contributed by atoms with Crippen LogP contribution in [0, 0.1) is 5.41 Å². The SMILES string of the molecule is CCO[C@H]1C[C@H](NCc2ccno2)C12CCCCC2. The van der Waals surface area contributed by atoms with Crippen molar-refractivity contribution in [1.82, 2.24) is 10.5 Å². The molecule has 1 N–H and O–H groups in total. The summed E-state index contributed by atoms with van der Waals surface area (Å²) < 4.78 is 11.1. The van der Waals surface area contributed by atoms with Crippen molar-refractivity contribution in [1.29, 1.82) is 0 Å². The van der Waals surface area contributed by atoms with Gasteiger partial charge < -0.3 is 14.6 Å². The summed E-state index contributed by atoms with van der Waals surface area (Å²) in [4.78, 5) is 0. The molecule has 4 nitrogen and oxygen atoms in total. The Labute approximate surface area is 114 Å². The minimum Gasteiger partial charge on any atom is -0.378 e. The van der Waals surface area contributed by atoms with E-state index in [2.05, 4.69) is 17.4 Å². The predicted molar refractivity (Wildman–Crippen MR) is 72.7 cm³/mol. The van der Waals surface area contributed by atoms with Crippen LogP contribution in [-0.2, 0) is 11.3 Å². The van der Waals surface area contributed by atoms with Crippen molar-refractivity contribution in [3.8, 4) is 0 Å². The van der Waals surface area contributed by atoms with Crippen molar-refractivity contribution in [3.63, 3.8) is 0 Å². The standard InChI is InChI=1S/C15H24N2O2/c1-2-18-14-10-13(15(14)7-4-3-5-8-15)16-11-12-6-9-17-19-12/h6,9,13-14,16H,2-5,7-8,10-11H2,1H3/t13-,14-/m0/s1. The summed E-state index contributed by atoms with van der Waals surface area (Å²) in [7, 11) is 0. The lowest BCUT2D eigenvalue weighted by Crippen LogP contribution is -2.64. The van der Waals surface area contributed by atoms with E-state index < -0.39 is 0 Å². The summed E-state index contributed by atoms with van der Waals surface area (Å²) in [6.07, 6.45) is 10.0. The molecule has 1 heterocycles. The number of hydrogen-bond acceptors (Lipinski definition) is 4. The molecule has 1 aromatic rings. The molecule has 0 unspecified atom stereocenters. The molecule has 2 saturated carbocycles. The van der Waals surface area contributed by atoms with Crippen LogP contribution in [0.15, 0.2) is 16.8 Å². The summed E-state index contributed by atoms with van der Waals surface area (Å²) in [6, 6.07) is 2.51. The van der Waals surface area contributed by atoms with Gasteiger partial charge in [0.05, 0.1) is 18.8 Å². The smallest absolute Gasteiger partial charge is 0.150 e. The number of rotatable bonds is 5. The van der Waals surface area contributed by atoms with Gasteiger partial charge in [-0.1, -0.05) is 24.4 Å². The first kappa shape index (κ1) is 13.1. The second-order valence-electron chi connectivity index (χ2n) is 5.89. The Morgan fingerprint density at radius 2 is 2.26 bits per heavy atom. The van der Waals surface area contributed by atoms with Crippen molar-refractivity contribution >= 4 is 0 Å². The Hall–Kier alpha value is -0.870. The highest BCUT2D eigenvalue weighted by Crippen LogP contribution is 2.53. The normalized spacial score (nSPS) is 29.3. The van der Waals surface area contributed by atoms with Gasteiger partial charge in [0.25, 0.3) is 0 Å². The van der Waals surface area contributed by atoms with Crippen molar-refractivity contribution in [3.05, 3.63) is 18.0 Å². The average Bonchev–Trinajstić information content (AvgIpc) is 2.96. The number of nitrogens with zero attached hydrogens (tertiary/aromatic N) is 1. The lowest BCUT2D eigenvalue weighted by atomic mass is 9.55. The number of hydrogen-bond donors (Lipinski definition) is 1. The second-order valence-corrected chi connectivity index (χ2v) is 5.89. The summed E-state index contributed by atoms with van der Waals surface area (Å²) in [5.41, 5.74) is 0.383. The van der Waals surface area contributed by atoms with Gasteiger partial charge in [0.15, 0.2) is 0 Å². The van der Waals surface area contributed by atoms with Gasteiger partial charge in [0, 0.05) is 24.1 Å². The van der Waals surface area contributed by atoms with Crippen molar-refractivity contribution in [2.75, 3.05) is 6.61 Å². The molecule has 2 aliphatic rings. The fraction of sp³-hybridized carbons (Fsp3) is 0.800. The highest BCUT2D eigenvalue weighted by atomic mass is 16.5. The van der Waals surface area contributed by atoms with Gasteiger partial charge in [-0.25, -0.2) is 0 Å². The Balaban J connectivity index is 1.61. The molecular formula is C15H24N2O2. The molecule has 106 valence electrons. The fourth-order valence-electron chi connectivity index (χ4n) is 3.91. The van der Waals surface area contributed by atoms with Gasteiger partial charge in [-0.2, -0.15) is 0 Å². The van der Waals surface area contributed by atoms with Crippen LogP contribution < -0.4 is 5.32 Å². The highest BCUT2D eigenvalue weighted by Gasteiger charge is 2.55. The molecule has 1 aromatic heterocycles. The Bertz CT molecular complexity index is 385. The van der Waals surface area contributed by atoms with Crippen LogP contribution in [-0.4, -0.2) is 23.9 Å². The molecule has 0 aromatic carbocycles. The van der Waals surface area contributed by atoms with E-state index >= 15 is 0 Å². The minimum absolute atomic E-state index is 0.383. The van der Waals surface area contributed by atoms with Gasteiger partial charge in [-0.3, -0.25) is 0 Å². The van der Waals surface area contributed by atoms with E-state index in [1.54, 1.807) is 6.20 Å². The lowest BCUT2D eigenvalue weighted by molar-refractivity contribution is -0.150. The first-order chi connectivity index (χ1) is 9.35. The first-order valence-electron chi connectivity index (χ1n) is 7.60. The van der Waals surface area contributed by atoms with Gasteiger partial charge in [-0.15, -0.1) is 0 Å². The number of aromatic nitrogens is 1. The molecule has 4 heteroatoms. The van der Waals surface area contributed by atoms with Crippen LogP contribution in [0.25, 0.3) is 0 Å². The summed E-state index contributed by atoms with van der Waals surface area (Å²) in [5.74, 6) is 0.922. The van der Waals surface area contributed by atoms with Crippen LogP contribution in [0.3, 0.4) is 0 Å². The molecule has 2 aliphatic carbocycles. The molecule has 0 amide bonds. The summed E-state index contributed by atoms with van der Waals surface area (Å²) in [6.45, 7) is 3.72. The second kappa shape index (κ2) is 5.63. The maximum Gasteiger partial charge on any atom is 0.150 e. The lowest BCUT2D eigenvalue weighted by Gasteiger charge is -2.58. The van der Waals surface area contributed by atoms with E-state index in [1.165, 1.54) is 32.1 Å². The minimum atomic E-state index is 0.383. The molecule has 0 radical (unpaired) electrons. The maximum atomic E-state index is 5.96. The third kappa shape index (κ3) is 2.43. The van der Waals surface area contributed by atoms with Crippen LogP contribution in [0.4, 0.5) is 0 Å². The third-order valence-corrected chi connectivity index (χ3v) is 4.95. The fourth-order valence-corrected chi connectivity index (χ4v) is 3.91. The van der Waals surface area contributed by atoms with E-state index in [0.717, 1.165) is 25.3 Å². The molecule has 0 bridgehead atoms. The zero-order chi connectivity index (χ0) is 13.1. The molecular weight excluding hydrogens is 240 g/mol. The zero-order valence-corrected chi connectivity index (χ0v) is 11.7. The molecule has 1 spiro atoms. The maximum absolute atomic E-state index is 5.96. The third-order valence-electron chi connectivity index (χ3n) is 4.95. The number of nitrogens with one attached hydrogen (secondary N) is 1. The van der Waals surface area contributed by atoms with Gasteiger partial charge in [-0.05, 0) is 26.2 Å². The topological polar surface area (TPSA) is 47.3 Å². The van der Waals surface area contributed by atoms with E-state index in [-0.39, 0.29) is 0 Å². The number of ether oxygens (including phenoxy) is 1. The largest absolute Gasteiger partial charge is 0.378 e. The molecule has 3 rings (SSSR count). The molecule has 0 saturated heterocycles. The van der Waals surface area contributed by atoms with Gasteiger partial charge in [0.2, 0.25) is 0 Å². The summed E-state index contributed by atoms with van der Waals surface area (Å²) in [5, 5.41) is 7.41. The van der Waals surface area contributed by atoms with Gasteiger partial charge in [0.1, 0.15) is 5.76 Å². The van der Waals surface area contributed by atoms with E-state index in [1.807, 2.05) is 6.07 Å². The Morgan fingerprint density at radius 1 is 1.42 bits per heavy atom. The van der Waals surface area contributed by atoms with Crippen molar-refractivity contribution < 1.29 is 9.26 Å². The van der Waals surface area contributed by atoms with E-state index in [4.69, 9.17) is 9.26 Å². The molecule has 2 fully saturated rings. The predicted octanol–water partition coefficient (Wildman–Crippen LogP) is 2.89. The monoisotopic (exact) mass is 264 g/mol. The van der Waals surface area contributed by atoms with Crippen molar-refractivity contribution in [2.24, 2.45) is 5.41 Å². The zero-order valence-electron chi connectivity index (χ0n) is 11.7. The summed E-state index contributed by atoms with van der Waals surface area (Å²) >= 11 is 0. The van der Waals surface area contributed by atoms with Gasteiger partial charge >= 0.3 is 0 Å². The quantitative estimate of drug-likeness (QED) is 0.888. The molecule has 2 atom stereocenters. The van der Waals surface area contributed by atoms with Crippen LogP contribution in [0.5, 0.6) is 0 Å². The van der Waals surface area contributed by atoms with E-state index in [9.17, 15) is 0 Å².